The molecule has 0 saturated carbocycles. The quantitative estimate of drug-likeness (QED) is 0.665. The van der Waals surface area contributed by atoms with E-state index in [0.717, 1.165) is 29.1 Å². The van der Waals surface area contributed by atoms with E-state index in [1.165, 1.54) is 18.2 Å². The summed E-state index contributed by atoms with van der Waals surface area (Å²) in [4.78, 5) is 20.1. The Morgan fingerprint density at radius 2 is 2.18 bits per heavy atom. The highest BCUT2D eigenvalue weighted by Crippen LogP contribution is 2.29. The average molecular weight is 401 g/mol. The van der Waals surface area contributed by atoms with Gasteiger partial charge in [0, 0.05) is 36.0 Å². The van der Waals surface area contributed by atoms with Crippen LogP contribution in [0.15, 0.2) is 35.8 Å². The molecule has 3 heterocycles. The van der Waals surface area contributed by atoms with Crippen molar-refractivity contribution in [1.29, 1.82) is 0 Å². The van der Waals surface area contributed by atoms with Crippen molar-refractivity contribution in [3.63, 3.8) is 0 Å². The number of carbonyl (C=O) groups excluding carboxylic acids is 1. The molecular formula is C20H20FN3O3S. The van der Waals surface area contributed by atoms with Crippen LogP contribution < -0.4 is 10.1 Å². The summed E-state index contributed by atoms with van der Waals surface area (Å²) < 4.78 is 25.0. The Hall–Kier alpha value is -2.71. The number of H-pyrrole nitrogens is 1. The van der Waals surface area contributed by atoms with Crippen molar-refractivity contribution in [3.05, 3.63) is 52.4 Å². The number of amides is 1. The molecule has 1 aliphatic rings. The first-order valence-electron chi connectivity index (χ1n) is 9.05. The van der Waals surface area contributed by atoms with Crippen molar-refractivity contribution in [2.24, 2.45) is 0 Å². The Morgan fingerprint density at radius 1 is 1.36 bits per heavy atom. The highest BCUT2D eigenvalue weighted by molar-refractivity contribution is 7.09. The van der Waals surface area contributed by atoms with Gasteiger partial charge in [0.05, 0.1) is 29.6 Å². The van der Waals surface area contributed by atoms with Crippen molar-refractivity contribution in [3.8, 4) is 17.0 Å². The van der Waals surface area contributed by atoms with Crippen LogP contribution in [0.2, 0.25) is 0 Å². The maximum Gasteiger partial charge on any atom is 0.272 e. The summed E-state index contributed by atoms with van der Waals surface area (Å²) in [5, 5.41) is 5.71. The normalized spacial score (nSPS) is 14.8. The molecule has 2 N–H and O–H groups in total. The predicted molar refractivity (Wildman–Crippen MR) is 105 cm³/mol. The number of benzene rings is 1. The minimum Gasteiger partial charge on any atom is -0.488 e. The largest absolute Gasteiger partial charge is 0.488 e. The number of hydrogen-bond donors (Lipinski definition) is 2. The standard InChI is InChI=1S/C20H20FN3O3S/c1-12-23-18(11-28-12)13-8-17(22-10-13)20(25)24-16-3-2-14(21)9-19(16)27-15-4-6-26-7-5-15/h2-3,8-11,15,22H,4-7H2,1H3,(H,24,25). The van der Waals surface area contributed by atoms with Gasteiger partial charge in [0.2, 0.25) is 0 Å². The fourth-order valence-corrected chi connectivity index (χ4v) is 3.65. The second kappa shape index (κ2) is 8.12. The van der Waals surface area contributed by atoms with Gasteiger partial charge in [-0.3, -0.25) is 4.79 Å². The number of nitrogens with zero attached hydrogens (tertiary/aromatic N) is 1. The summed E-state index contributed by atoms with van der Waals surface area (Å²) in [5.41, 5.74) is 2.48. The number of halogens is 1. The number of ether oxygens (including phenoxy) is 2. The Labute approximate surface area is 165 Å². The lowest BCUT2D eigenvalue weighted by Crippen LogP contribution is -2.26. The number of hydrogen-bond acceptors (Lipinski definition) is 5. The summed E-state index contributed by atoms with van der Waals surface area (Å²) >= 11 is 1.55. The molecular weight excluding hydrogens is 381 g/mol. The summed E-state index contributed by atoms with van der Waals surface area (Å²) in [6.07, 6.45) is 3.15. The van der Waals surface area contributed by atoms with Gasteiger partial charge in [-0.05, 0) is 25.1 Å². The molecule has 1 aliphatic heterocycles. The van der Waals surface area contributed by atoms with Crippen molar-refractivity contribution < 1.29 is 18.7 Å². The molecule has 0 aliphatic carbocycles. The Morgan fingerprint density at radius 3 is 2.93 bits per heavy atom. The van der Waals surface area contributed by atoms with Crippen molar-refractivity contribution in [2.75, 3.05) is 18.5 Å². The van der Waals surface area contributed by atoms with Gasteiger partial charge in [0.1, 0.15) is 23.4 Å². The number of thiazole rings is 1. The lowest BCUT2D eigenvalue weighted by molar-refractivity contribution is 0.0257. The molecule has 8 heteroatoms. The van der Waals surface area contributed by atoms with Gasteiger partial charge in [0.25, 0.3) is 5.91 Å². The zero-order chi connectivity index (χ0) is 19.5. The smallest absolute Gasteiger partial charge is 0.272 e. The van der Waals surface area contributed by atoms with Gasteiger partial charge in [-0.25, -0.2) is 9.37 Å². The van der Waals surface area contributed by atoms with Crippen LogP contribution in [-0.2, 0) is 4.74 Å². The van der Waals surface area contributed by atoms with E-state index in [0.29, 0.717) is 30.3 Å². The third kappa shape index (κ3) is 4.23. The zero-order valence-corrected chi connectivity index (χ0v) is 16.1. The van der Waals surface area contributed by atoms with Gasteiger partial charge < -0.3 is 19.8 Å². The number of aromatic nitrogens is 2. The highest BCUT2D eigenvalue weighted by atomic mass is 32.1. The molecule has 0 unspecified atom stereocenters. The fraction of sp³-hybridized carbons (Fsp3) is 0.300. The fourth-order valence-electron chi connectivity index (χ4n) is 3.03. The van der Waals surface area contributed by atoms with Crippen LogP contribution >= 0.6 is 11.3 Å². The van der Waals surface area contributed by atoms with Crippen LogP contribution in [0.5, 0.6) is 5.75 Å². The molecule has 6 nitrogen and oxygen atoms in total. The van der Waals surface area contributed by atoms with E-state index in [1.807, 2.05) is 12.3 Å². The maximum absolute atomic E-state index is 13.7. The van der Waals surface area contributed by atoms with E-state index < -0.39 is 5.82 Å². The molecule has 0 radical (unpaired) electrons. The minimum atomic E-state index is -0.416. The molecule has 1 amide bonds. The molecule has 0 bridgehead atoms. The minimum absolute atomic E-state index is 0.0591. The van der Waals surface area contributed by atoms with Gasteiger partial charge in [-0.2, -0.15) is 0 Å². The van der Waals surface area contributed by atoms with Crippen molar-refractivity contribution >= 4 is 22.9 Å². The molecule has 1 saturated heterocycles. The zero-order valence-electron chi connectivity index (χ0n) is 15.3. The topological polar surface area (TPSA) is 76.2 Å². The number of anilines is 1. The Bertz CT molecular complexity index is 979. The van der Waals surface area contributed by atoms with Crippen LogP contribution in [0.3, 0.4) is 0 Å². The van der Waals surface area contributed by atoms with E-state index in [2.05, 4.69) is 15.3 Å². The van der Waals surface area contributed by atoms with Crippen molar-refractivity contribution in [2.45, 2.75) is 25.9 Å². The Kier molecular flexibility index (Phi) is 5.40. The summed E-state index contributed by atoms with van der Waals surface area (Å²) in [6.45, 7) is 3.16. The lowest BCUT2D eigenvalue weighted by atomic mass is 10.1. The third-order valence-electron chi connectivity index (χ3n) is 4.50. The second-order valence-corrected chi connectivity index (χ2v) is 7.64. The van der Waals surface area contributed by atoms with Crippen LogP contribution in [0.25, 0.3) is 11.3 Å². The van der Waals surface area contributed by atoms with E-state index in [-0.39, 0.29) is 12.0 Å². The van der Waals surface area contributed by atoms with Crippen LogP contribution in [0.1, 0.15) is 28.3 Å². The van der Waals surface area contributed by atoms with E-state index in [9.17, 15) is 9.18 Å². The molecule has 0 spiro atoms. The SMILES string of the molecule is Cc1nc(-c2c[nH]c(C(=O)Nc3ccc(F)cc3OC3CCOCC3)c2)cs1. The number of nitrogens with one attached hydrogen (secondary N) is 2. The molecule has 4 rings (SSSR count). The molecule has 28 heavy (non-hydrogen) atoms. The number of carbonyl (C=O) groups is 1. The average Bonchev–Trinajstić information content (AvgIpc) is 3.34. The Balaban J connectivity index is 1.50. The molecule has 1 fully saturated rings. The van der Waals surface area contributed by atoms with Gasteiger partial charge >= 0.3 is 0 Å². The van der Waals surface area contributed by atoms with Crippen molar-refractivity contribution in [1.82, 2.24) is 9.97 Å². The monoisotopic (exact) mass is 401 g/mol. The van der Waals surface area contributed by atoms with Gasteiger partial charge in [-0.1, -0.05) is 0 Å². The number of aromatic amines is 1. The summed E-state index contributed by atoms with van der Waals surface area (Å²) in [6, 6.07) is 5.84. The lowest BCUT2D eigenvalue weighted by Gasteiger charge is -2.24. The summed E-state index contributed by atoms with van der Waals surface area (Å²) in [7, 11) is 0. The first-order valence-corrected chi connectivity index (χ1v) is 9.92. The van der Waals surface area contributed by atoms with E-state index in [1.54, 1.807) is 23.6 Å². The predicted octanol–water partition coefficient (Wildman–Crippen LogP) is 4.40. The molecule has 0 atom stereocenters. The van der Waals surface area contributed by atoms with Gasteiger partial charge in [-0.15, -0.1) is 11.3 Å². The first-order chi connectivity index (χ1) is 13.6. The second-order valence-electron chi connectivity index (χ2n) is 6.58. The van der Waals surface area contributed by atoms with Crippen LogP contribution in [0, 0.1) is 12.7 Å². The number of aryl methyl sites for hydroxylation is 1. The molecule has 1 aromatic carbocycles. The molecule has 2 aromatic heterocycles. The maximum atomic E-state index is 13.7. The molecule has 3 aromatic rings. The van der Waals surface area contributed by atoms with Gasteiger partial charge in [0.15, 0.2) is 0 Å². The first kappa shape index (κ1) is 18.6. The summed E-state index contributed by atoms with van der Waals surface area (Å²) in [5.74, 6) is -0.426. The number of rotatable bonds is 5. The third-order valence-corrected chi connectivity index (χ3v) is 5.27. The van der Waals surface area contributed by atoms with Crippen LogP contribution in [0.4, 0.5) is 10.1 Å². The molecule has 146 valence electrons. The highest BCUT2D eigenvalue weighted by Gasteiger charge is 2.19. The van der Waals surface area contributed by atoms with E-state index >= 15 is 0 Å². The van der Waals surface area contributed by atoms with E-state index in [4.69, 9.17) is 9.47 Å². The van der Waals surface area contributed by atoms with Crippen LogP contribution in [-0.4, -0.2) is 35.2 Å².